The molecule has 0 atom stereocenters. The van der Waals surface area contributed by atoms with Crippen LogP contribution in [0, 0.1) is 0 Å². The maximum absolute atomic E-state index is 12.1. The Bertz CT molecular complexity index is 489. The Balaban J connectivity index is 3.23. The van der Waals surface area contributed by atoms with E-state index in [0.29, 0.717) is 5.78 Å². The summed E-state index contributed by atoms with van der Waals surface area (Å²) < 4.78 is 0. The molecule has 0 spiro atoms. The number of hydrogen-bond acceptors (Lipinski definition) is 1. The van der Waals surface area contributed by atoms with Crippen molar-refractivity contribution >= 4 is 5.78 Å². The number of allylic oxidation sites excluding steroid dienone is 4. The molecule has 37 heavy (non-hydrogen) atoms. The Kier molecular flexibility index (Phi) is 32.4. The third-order valence-electron chi connectivity index (χ3n) is 7.68. The first-order chi connectivity index (χ1) is 18.3. The quantitative estimate of drug-likeness (QED) is 0.0661. The van der Waals surface area contributed by atoms with Gasteiger partial charge in [-0.2, -0.15) is 0 Å². The van der Waals surface area contributed by atoms with Crippen molar-refractivity contribution < 1.29 is 4.79 Å². The maximum atomic E-state index is 12.1. The van der Waals surface area contributed by atoms with E-state index >= 15 is 0 Å². The molecule has 0 saturated carbocycles. The second-order valence-electron chi connectivity index (χ2n) is 11.6. The van der Waals surface area contributed by atoms with Crippen LogP contribution >= 0.6 is 0 Å². The topological polar surface area (TPSA) is 17.1 Å². The summed E-state index contributed by atoms with van der Waals surface area (Å²) in [7, 11) is 0. The molecule has 0 N–H and O–H groups in total. The molecule has 0 aromatic heterocycles. The number of ketones is 1. The Labute approximate surface area is 234 Å². The predicted octanol–water partition coefficient (Wildman–Crippen LogP) is 13.0. The molecule has 0 aliphatic carbocycles. The number of carbonyl (C=O) groups excluding carboxylic acids is 1. The third kappa shape index (κ3) is 33.1. The minimum absolute atomic E-state index is 0.508. The van der Waals surface area contributed by atoms with E-state index in [4.69, 9.17) is 0 Å². The van der Waals surface area contributed by atoms with Gasteiger partial charge < -0.3 is 0 Å². The summed E-state index contributed by atoms with van der Waals surface area (Å²) in [6, 6.07) is 0. The van der Waals surface area contributed by atoms with E-state index in [9.17, 15) is 4.79 Å². The highest BCUT2D eigenvalue weighted by molar-refractivity contribution is 5.78. The first kappa shape index (κ1) is 36.1. The van der Waals surface area contributed by atoms with Crippen LogP contribution in [0.3, 0.4) is 0 Å². The number of hydrogen-bond donors (Lipinski definition) is 0. The van der Waals surface area contributed by atoms with Gasteiger partial charge in [-0.25, -0.2) is 0 Å². The van der Waals surface area contributed by atoms with Crippen molar-refractivity contribution in [2.45, 2.75) is 200 Å². The number of rotatable bonds is 31. The highest BCUT2D eigenvalue weighted by Gasteiger charge is 2.02. The monoisotopic (exact) mass is 517 g/mol. The summed E-state index contributed by atoms with van der Waals surface area (Å²) in [5, 5.41) is 0. The van der Waals surface area contributed by atoms with Gasteiger partial charge in [0.05, 0.1) is 0 Å². The lowest BCUT2D eigenvalue weighted by molar-refractivity contribution is -0.119. The van der Waals surface area contributed by atoms with E-state index in [1.165, 1.54) is 161 Å². The van der Waals surface area contributed by atoms with Crippen LogP contribution in [0.1, 0.15) is 200 Å². The Hall–Kier alpha value is -0.850. The van der Waals surface area contributed by atoms with Crippen LogP contribution in [0.2, 0.25) is 0 Å². The smallest absolute Gasteiger partial charge is 0.132 e. The molecule has 0 heterocycles. The standard InChI is InChI=1S/C36H68O/c1-3-5-7-9-11-13-15-17-19-21-23-25-27-29-31-33-35-36(37)34-32-30-28-26-24-22-20-18-16-14-12-10-8-6-4-2/h17-20H,3-16,21-35H2,1-2H3/b19-17-,20-18-. The van der Waals surface area contributed by atoms with Gasteiger partial charge >= 0.3 is 0 Å². The first-order valence-corrected chi connectivity index (χ1v) is 17.1. The fourth-order valence-corrected chi connectivity index (χ4v) is 5.09. The van der Waals surface area contributed by atoms with E-state index < -0.39 is 0 Å². The fourth-order valence-electron chi connectivity index (χ4n) is 5.09. The van der Waals surface area contributed by atoms with Crippen molar-refractivity contribution in [3.05, 3.63) is 24.3 Å². The second-order valence-corrected chi connectivity index (χ2v) is 11.6. The lowest BCUT2D eigenvalue weighted by atomic mass is 10.0. The van der Waals surface area contributed by atoms with Crippen molar-refractivity contribution in [3.8, 4) is 0 Å². The molecule has 0 radical (unpaired) electrons. The summed E-state index contributed by atoms with van der Waals surface area (Å²) in [5.41, 5.74) is 0. The Morgan fingerprint density at radius 2 is 0.595 bits per heavy atom. The lowest BCUT2D eigenvalue weighted by Gasteiger charge is -2.03. The molecule has 0 fully saturated rings. The molecule has 0 unspecified atom stereocenters. The Morgan fingerprint density at radius 3 is 0.892 bits per heavy atom. The molecule has 1 heteroatoms. The van der Waals surface area contributed by atoms with Crippen LogP contribution in [0.4, 0.5) is 0 Å². The maximum Gasteiger partial charge on any atom is 0.132 e. The molecular formula is C36H68O. The molecular weight excluding hydrogens is 448 g/mol. The van der Waals surface area contributed by atoms with Crippen LogP contribution in [0.15, 0.2) is 24.3 Å². The van der Waals surface area contributed by atoms with Gasteiger partial charge in [-0.05, 0) is 64.2 Å². The zero-order valence-electron chi connectivity index (χ0n) is 25.7. The van der Waals surface area contributed by atoms with Gasteiger partial charge in [0, 0.05) is 12.8 Å². The molecule has 0 aromatic rings. The summed E-state index contributed by atoms with van der Waals surface area (Å²) >= 11 is 0. The van der Waals surface area contributed by atoms with E-state index in [1.807, 2.05) is 0 Å². The van der Waals surface area contributed by atoms with Gasteiger partial charge in [-0.1, -0.05) is 147 Å². The van der Waals surface area contributed by atoms with Gasteiger partial charge in [0.2, 0.25) is 0 Å². The van der Waals surface area contributed by atoms with Crippen molar-refractivity contribution in [3.63, 3.8) is 0 Å². The molecule has 0 saturated heterocycles. The van der Waals surface area contributed by atoms with E-state index in [2.05, 4.69) is 38.2 Å². The average molecular weight is 517 g/mol. The summed E-state index contributed by atoms with van der Waals surface area (Å²) in [4.78, 5) is 12.1. The second kappa shape index (κ2) is 33.2. The molecule has 0 bridgehead atoms. The molecule has 1 nitrogen and oxygen atoms in total. The van der Waals surface area contributed by atoms with E-state index in [1.54, 1.807) is 0 Å². The van der Waals surface area contributed by atoms with Crippen molar-refractivity contribution in [2.24, 2.45) is 0 Å². The molecule has 0 aromatic carbocycles. The van der Waals surface area contributed by atoms with Gasteiger partial charge in [0.25, 0.3) is 0 Å². The van der Waals surface area contributed by atoms with Crippen LogP contribution in [-0.4, -0.2) is 5.78 Å². The first-order valence-electron chi connectivity index (χ1n) is 17.1. The predicted molar refractivity (Wildman–Crippen MR) is 169 cm³/mol. The fraction of sp³-hybridized carbons (Fsp3) is 0.861. The summed E-state index contributed by atoms with van der Waals surface area (Å²) in [6.45, 7) is 4.56. The van der Waals surface area contributed by atoms with Crippen LogP contribution in [0.25, 0.3) is 0 Å². The summed E-state index contributed by atoms with van der Waals surface area (Å²) in [6.07, 6.45) is 47.0. The minimum Gasteiger partial charge on any atom is -0.300 e. The van der Waals surface area contributed by atoms with Crippen molar-refractivity contribution in [1.29, 1.82) is 0 Å². The SMILES string of the molecule is CCCCCCCC/C=C\CCCCCCCCC(=O)CCCCCCC/C=C\CCCCCCCC. The zero-order chi connectivity index (χ0) is 26.9. The normalized spacial score (nSPS) is 11.8. The number of unbranched alkanes of at least 4 members (excludes halogenated alkanes) is 23. The average Bonchev–Trinajstić information content (AvgIpc) is 2.90. The highest BCUT2D eigenvalue weighted by atomic mass is 16.1. The third-order valence-corrected chi connectivity index (χ3v) is 7.68. The van der Waals surface area contributed by atoms with E-state index in [-0.39, 0.29) is 0 Å². The molecule has 0 rings (SSSR count). The van der Waals surface area contributed by atoms with Gasteiger partial charge in [-0.3, -0.25) is 4.79 Å². The largest absolute Gasteiger partial charge is 0.300 e. The van der Waals surface area contributed by atoms with Gasteiger partial charge in [-0.15, -0.1) is 0 Å². The number of carbonyl (C=O) groups is 1. The highest BCUT2D eigenvalue weighted by Crippen LogP contribution is 2.13. The zero-order valence-corrected chi connectivity index (χ0v) is 25.7. The summed E-state index contributed by atoms with van der Waals surface area (Å²) in [5.74, 6) is 0.508. The van der Waals surface area contributed by atoms with Crippen molar-refractivity contribution in [1.82, 2.24) is 0 Å². The Morgan fingerprint density at radius 1 is 0.351 bits per heavy atom. The molecule has 0 aliphatic heterocycles. The van der Waals surface area contributed by atoms with E-state index in [0.717, 1.165) is 25.7 Å². The molecule has 0 amide bonds. The van der Waals surface area contributed by atoms with Crippen LogP contribution in [-0.2, 0) is 4.79 Å². The van der Waals surface area contributed by atoms with Crippen molar-refractivity contribution in [2.75, 3.05) is 0 Å². The van der Waals surface area contributed by atoms with Gasteiger partial charge in [0.1, 0.15) is 5.78 Å². The van der Waals surface area contributed by atoms with Crippen LogP contribution in [0.5, 0.6) is 0 Å². The number of Topliss-reactive ketones (excluding diaryl/α,β-unsaturated/α-hetero) is 1. The lowest BCUT2D eigenvalue weighted by Crippen LogP contribution is -1.97. The molecule has 0 aliphatic rings. The minimum atomic E-state index is 0.508. The van der Waals surface area contributed by atoms with Gasteiger partial charge in [0.15, 0.2) is 0 Å². The van der Waals surface area contributed by atoms with Crippen LogP contribution < -0.4 is 0 Å². The molecule has 218 valence electrons.